The third-order valence-corrected chi connectivity index (χ3v) is 5.74. The molecule has 2 heterocycles. The second kappa shape index (κ2) is 8.97. The van der Waals surface area contributed by atoms with Crippen LogP contribution in [0.3, 0.4) is 0 Å². The van der Waals surface area contributed by atoms with Gasteiger partial charge in [0.2, 0.25) is 0 Å². The van der Waals surface area contributed by atoms with E-state index in [1.807, 2.05) is 0 Å². The lowest BCUT2D eigenvalue weighted by Crippen LogP contribution is -2.49. The first kappa shape index (κ1) is 23.0. The Bertz CT molecular complexity index is 1090. The van der Waals surface area contributed by atoms with Crippen molar-refractivity contribution in [2.45, 2.75) is 12.6 Å². The monoisotopic (exact) mass is 485 g/mol. The van der Waals surface area contributed by atoms with E-state index in [9.17, 15) is 28.1 Å². The summed E-state index contributed by atoms with van der Waals surface area (Å²) < 4.78 is 50.1. The normalized spacial score (nSPS) is 16.4. The van der Waals surface area contributed by atoms with Crippen molar-refractivity contribution < 1.29 is 32.4 Å². The number of anilines is 1. The summed E-state index contributed by atoms with van der Waals surface area (Å²) in [5.41, 5.74) is -1.31. The Morgan fingerprint density at radius 1 is 1.06 bits per heavy atom. The average Bonchev–Trinajstić information content (AvgIpc) is 3.03. The molecule has 0 atom stereocenters. The molecule has 4 rings (SSSR count). The molecule has 1 fully saturated rings. The fourth-order valence-electron chi connectivity index (χ4n) is 3.80. The zero-order chi connectivity index (χ0) is 23.8. The number of piperazine rings is 1. The minimum absolute atomic E-state index is 0.0822. The standard InChI is InChI=1S/C21H19ClF3N3O5/c22-15-10-13(11-18-19(15)33-9-1-8-32-18)20(29)27-6-4-26(5-7-27)16-3-2-14(21(23,24)25)12-17(16)28(30)31/h2-3,10-12H,1,4-9H2. The molecule has 0 bridgehead atoms. The maximum atomic E-state index is 13.0. The number of carbonyl (C=O) groups excluding carboxylic acids is 1. The van der Waals surface area contributed by atoms with Crippen molar-refractivity contribution in [1.82, 2.24) is 4.90 Å². The molecule has 0 unspecified atom stereocenters. The number of benzene rings is 2. The number of amides is 1. The van der Waals surface area contributed by atoms with Crippen molar-refractivity contribution in [3.05, 3.63) is 56.6 Å². The maximum Gasteiger partial charge on any atom is 0.416 e. The smallest absolute Gasteiger partial charge is 0.416 e. The predicted molar refractivity (Wildman–Crippen MR) is 113 cm³/mol. The van der Waals surface area contributed by atoms with E-state index in [1.165, 1.54) is 6.07 Å². The summed E-state index contributed by atoms with van der Waals surface area (Å²) in [7, 11) is 0. The van der Waals surface area contributed by atoms with Gasteiger partial charge in [-0.15, -0.1) is 0 Å². The zero-order valence-electron chi connectivity index (χ0n) is 17.2. The van der Waals surface area contributed by atoms with Crippen LogP contribution in [0.15, 0.2) is 30.3 Å². The fourth-order valence-corrected chi connectivity index (χ4v) is 4.07. The van der Waals surface area contributed by atoms with Crippen LogP contribution in [0.1, 0.15) is 22.3 Å². The predicted octanol–water partition coefficient (Wildman–Crippen LogP) is 4.39. The van der Waals surface area contributed by atoms with Crippen LogP contribution in [0.2, 0.25) is 5.02 Å². The summed E-state index contributed by atoms with van der Waals surface area (Å²) in [4.78, 5) is 26.7. The third-order valence-electron chi connectivity index (χ3n) is 5.46. The molecular weight excluding hydrogens is 467 g/mol. The zero-order valence-corrected chi connectivity index (χ0v) is 18.0. The van der Waals surface area contributed by atoms with Crippen molar-refractivity contribution in [3.8, 4) is 11.5 Å². The number of nitro groups is 1. The molecule has 176 valence electrons. The molecule has 0 saturated carbocycles. The number of hydrogen-bond acceptors (Lipinski definition) is 6. The van der Waals surface area contributed by atoms with E-state index in [2.05, 4.69) is 0 Å². The molecule has 0 N–H and O–H groups in total. The lowest BCUT2D eigenvalue weighted by atomic mass is 10.1. The van der Waals surface area contributed by atoms with Crippen LogP contribution >= 0.6 is 11.6 Å². The van der Waals surface area contributed by atoms with Crippen LogP contribution in [-0.2, 0) is 6.18 Å². The van der Waals surface area contributed by atoms with Crippen molar-refractivity contribution in [3.63, 3.8) is 0 Å². The Morgan fingerprint density at radius 3 is 2.42 bits per heavy atom. The van der Waals surface area contributed by atoms with E-state index in [1.54, 1.807) is 15.9 Å². The number of nitro benzene ring substituents is 1. The van der Waals surface area contributed by atoms with Gasteiger partial charge in [0.1, 0.15) is 5.69 Å². The molecule has 0 spiro atoms. The summed E-state index contributed by atoms with van der Waals surface area (Å²) in [5.74, 6) is 0.488. The Hall–Kier alpha value is -3.21. The van der Waals surface area contributed by atoms with Crippen LogP contribution in [0.4, 0.5) is 24.5 Å². The number of alkyl halides is 3. The van der Waals surface area contributed by atoms with E-state index in [-0.39, 0.29) is 42.8 Å². The van der Waals surface area contributed by atoms with E-state index in [0.717, 1.165) is 12.1 Å². The van der Waals surface area contributed by atoms with Gasteiger partial charge in [0, 0.05) is 44.2 Å². The number of ether oxygens (including phenoxy) is 2. The second-order valence-corrected chi connectivity index (χ2v) is 7.98. The van der Waals surface area contributed by atoms with Crippen LogP contribution in [0, 0.1) is 10.1 Å². The number of halogens is 4. The molecule has 2 aliphatic heterocycles. The van der Waals surface area contributed by atoms with Gasteiger partial charge in [-0.05, 0) is 24.3 Å². The first-order valence-electron chi connectivity index (χ1n) is 10.1. The molecule has 0 aromatic heterocycles. The first-order valence-corrected chi connectivity index (χ1v) is 10.5. The van der Waals surface area contributed by atoms with Crippen molar-refractivity contribution in [2.75, 3.05) is 44.3 Å². The topological polar surface area (TPSA) is 85.2 Å². The van der Waals surface area contributed by atoms with E-state index >= 15 is 0 Å². The highest BCUT2D eigenvalue weighted by Crippen LogP contribution is 2.39. The van der Waals surface area contributed by atoms with Crippen LogP contribution in [0.5, 0.6) is 11.5 Å². The van der Waals surface area contributed by atoms with Crippen LogP contribution in [0.25, 0.3) is 0 Å². The number of fused-ring (bicyclic) bond motifs is 1. The highest BCUT2D eigenvalue weighted by Gasteiger charge is 2.34. The molecular formula is C21H19ClF3N3O5. The van der Waals surface area contributed by atoms with Crippen molar-refractivity contribution >= 4 is 28.9 Å². The molecule has 12 heteroatoms. The van der Waals surface area contributed by atoms with Gasteiger partial charge in [-0.1, -0.05) is 11.6 Å². The molecule has 33 heavy (non-hydrogen) atoms. The van der Waals surface area contributed by atoms with Crippen molar-refractivity contribution in [1.29, 1.82) is 0 Å². The molecule has 2 aliphatic rings. The molecule has 2 aromatic carbocycles. The Kier molecular flexibility index (Phi) is 6.24. The Labute approximate surface area is 191 Å². The quantitative estimate of drug-likeness (QED) is 0.473. The summed E-state index contributed by atoms with van der Waals surface area (Å²) in [6, 6.07) is 5.53. The van der Waals surface area contributed by atoms with E-state index in [0.29, 0.717) is 42.8 Å². The summed E-state index contributed by atoms with van der Waals surface area (Å²) >= 11 is 6.27. The minimum atomic E-state index is -4.68. The molecule has 8 nitrogen and oxygen atoms in total. The molecule has 2 aromatic rings. The van der Waals surface area contributed by atoms with Gasteiger partial charge in [-0.3, -0.25) is 14.9 Å². The van der Waals surface area contributed by atoms with Crippen molar-refractivity contribution in [2.24, 2.45) is 0 Å². The summed E-state index contributed by atoms with van der Waals surface area (Å²) in [6.07, 6.45) is -4.00. The SMILES string of the molecule is O=C(c1cc(Cl)c2c(c1)OCCCO2)N1CCN(c2ccc(C(F)(F)F)cc2[N+](=O)[O-])CC1. The minimum Gasteiger partial charge on any atom is -0.489 e. The number of carbonyl (C=O) groups is 1. The maximum absolute atomic E-state index is 13.0. The summed E-state index contributed by atoms with van der Waals surface area (Å²) in [6.45, 7) is 1.78. The van der Waals surface area contributed by atoms with Gasteiger partial charge < -0.3 is 19.3 Å². The van der Waals surface area contributed by atoms with Gasteiger partial charge >= 0.3 is 6.18 Å². The lowest BCUT2D eigenvalue weighted by molar-refractivity contribution is -0.384. The van der Waals surface area contributed by atoms with Gasteiger partial charge in [0.05, 0.1) is 28.7 Å². The Morgan fingerprint density at radius 2 is 1.76 bits per heavy atom. The van der Waals surface area contributed by atoms with E-state index < -0.39 is 22.4 Å². The first-order chi connectivity index (χ1) is 15.6. The van der Waals surface area contributed by atoms with Gasteiger partial charge in [-0.25, -0.2) is 0 Å². The average molecular weight is 486 g/mol. The van der Waals surface area contributed by atoms with E-state index in [4.69, 9.17) is 21.1 Å². The largest absolute Gasteiger partial charge is 0.489 e. The third kappa shape index (κ3) is 4.77. The molecule has 0 radical (unpaired) electrons. The lowest BCUT2D eigenvalue weighted by Gasteiger charge is -2.36. The number of hydrogen-bond donors (Lipinski definition) is 0. The van der Waals surface area contributed by atoms with Gasteiger partial charge in [0.25, 0.3) is 11.6 Å². The fraction of sp³-hybridized carbons (Fsp3) is 0.381. The molecule has 1 amide bonds. The molecule has 1 saturated heterocycles. The van der Waals surface area contributed by atoms with Gasteiger partial charge in [0.15, 0.2) is 11.5 Å². The van der Waals surface area contributed by atoms with Crippen LogP contribution < -0.4 is 14.4 Å². The highest BCUT2D eigenvalue weighted by molar-refractivity contribution is 6.32. The molecule has 0 aliphatic carbocycles. The Balaban J connectivity index is 1.49. The second-order valence-electron chi connectivity index (χ2n) is 7.57. The van der Waals surface area contributed by atoms with Crippen LogP contribution in [-0.4, -0.2) is 55.1 Å². The number of rotatable bonds is 3. The summed E-state index contributed by atoms with van der Waals surface area (Å²) in [5, 5.41) is 11.6. The number of nitrogens with zero attached hydrogens (tertiary/aromatic N) is 3. The van der Waals surface area contributed by atoms with Gasteiger partial charge in [-0.2, -0.15) is 13.2 Å². The highest BCUT2D eigenvalue weighted by atomic mass is 35.5.